The van der Waals surface area contributed by atoms with Crippen molar-refractivity contribution in [2.45, 2.75) is 0 Å². The van der Waals surface area contributed by atoms with Gasteiger partial charge in [-0.05, 0) is 6.07 Å². The van der Waals surface area contributed by atoms with Gasteiger partial charge in [0.2, 0.25) is 0 Å². The highest BCUT2D eigenvalue weighted by Gasteiger charge is 2.24. The molecule has 1 aliphatic heterocycles. The number of hydrogen-bond acceptors (Lipinski definition) is 7. The lowest BCUT2D eigenvalue weighted by Crippen LogP contribution is -2.27. The molecule has 146 valence electrons. The summed E-state index contributed by atoms with van der Waals surface area (Å²) in [5, 5.41) is 2.62. The number of rotatable bonds is 4. The average molecular weight is 403 g/mol. The van der Waals surface area contributed by atoms with Crippen LogP contribution in [-0.2, 0) is 26.3 Å². The van der Waals surface area contributed by atoms with Crippen LogP contribution in [0.3, 0.4) is 0 Å². The minimum atomic E-state index is -2.71. The molecule has 3 rings (SSSR count). The van der Waals surface area contributed by atoms with Crippen LogP contribution in [0.1, 0.15) is 26.3 Å². The van der Waals surface area contributed by atoms with E-state index in [4.69, 9.17) is 17.3 Å². The number of aryl methyl sites for hydroxylation is 1. The first kappa shape index (κ1) is 20.1. The van der Waals surface area contributed by atoms with Crippen molar-refractivity contribution in [1.82, 2.24) is 9.78 Å². The van der Waals surface area contributed by atoms with Crippen molar-refractivity contribution in [3.05, 3.63) is 45.4 Å². The van der Waals surface area contributed by atoms with Crippen LogP contribution in [0.4, 0.5) is 5.69 Å². The van der Waals surface area contributed by atoms with Gasteiger partial charge in [-0.1, -0.05) is 11.5 Å². The predicted molar refractivity (Wildman–Crippen MR) is 103 cm³/mol. The topological polar surface area (TPSA) is 120 Å². The minimum absolute atomic E-state index is 0.00672. The summed E-state index contributed by atoms with van der Waals surface area (Å²) in [4.78, 5) is 37.0. The standard InChI is InChI=1S/C17H18BN3O6S/c1-21-16(23)12(9-19-21)15(22)10-3-4-11(17(24)26-2)14(13(10)18)20-28(25)7-5-27-6-8-28/h3-4,9,19H,5-8H2,1-2H3. The van der Waals surface area contributed by atoms with Gasteiger partial charge in [0.05, 0.1) is 52.8 Å². The minimum Gasteiger partial charge on any atom is -0.465 e. The van der Waals surface area contributed by atoms with Crippen molar-refractivity contribution in [3.63, 3.8) is 0 Å². The number of hydrogen-bond donors (Lipinski definition) is 1. The lowest BCUT2D eigenvalue weighted by Gasteiger charge is -2.18. The molecule has 1 aromatic heterocycles. The lowest BCUT2D eigenvalue weighted by molar-refractivity contribution is 0.0601. The fourth-order valence-corrected chi connectivity index (χ4v) is 4.46. The molecule has 1 aromatic carbocycles. The molecule has 2 aromatic rings. The van der Waals surface area contributed by atoms with Gasteiger partial charge in [0.15, 0.2) is 5.78 Å². The van der Waals surface area contributed by atoms with E-state index in [0.29, 0.717) is 0 Å². The second kappa shape index (κ2) is 7.76. The van der Waals surface area contributed by atoms with E-state index in [9.17, 15) is 18.6 Å². The summed E-state index contributed by atoms with van der Waals surface area (Å²) in [6.07, 6.45) is 1.27. The number of ether oxygens (including phenoxy) is 2. The molecule has 0 saturated carbocycles. The number of H-pyrrole nitrogens is 1. The first-order chi connectivity index (χ1) is 13.3. The molecule has 2 radical (unpaired) electrons. The van der Waals surface area contributed by atoms with Gasteiger partial charge in [-0.3, -0.25) is 14.3 Å². The maximum Gasteiger partial charge on any atom is 0.340 e. The van der Waals surface area contributed by atoms with E-state index in [1.807, 2.05) is 0 Å². The Morgan fingerprint density at radius 3 is 2.46 bits per heavy atom. The maximum absolute atomic E-state index is 13.0. The van der Waals surface area contributed by atoms with Crippen molar-refractivity contribution in [2.75, 3.05) is 31.8 Å². The Hall–Kier alpha value is -2.66. The van der Waals surface area contributed by atoms with Crippen LogP contribution >= 0.6 is 0 Å². The Bertz CT molecular complexity index is 1110. The summed E-state index contributed by atoms with van der Waals surface area (Å²) in [5.41, 5.74) is -0.857. The molecule has 0 atom stereocenters. The fraction of sp³-hybridized carbons (Fsp3) is 0.353. The number of carbonyl (C=O) groups is 2. The first-order valence-electron chi connectivity index (χ1n) is 8.37. The number of aromatic nitrogens is 2. The molecular weight excluding hydrogens is 385 g/mol. The summed E-state index contributed by atoms with van der Waals surface area (Å²) in [7, 11) is 6.10. The van der Waals surface area contributed by atoms with Gasteiger partial charge < -0.3 is 14.6 Å². The molecule has 2 heterocycles. The number of nitrogens with one attached hydrogen (secondary N) is 1. The Labute approximate surface area is 162 Å². The summed E-state index contributed by atoms with van der Waals surface area (Å²) < 4.78 is 28.4. The highest BCUT2D eigenvalue weighted by atomic mass is 32.2. The van der Waals surface area contributed by atoms with E-state index in [-0.39, 0.29) is 52.6 Å². The average Bonchev–Trinajstić information content (AvgIpc) is 3.01. The quantitative estimate of drug-likeness (QED) is 0.424. The normalized spacial score (nSPS) is 15.8. The Morgan fingerprint density at radius 2 is 1.89 bits per heavy atom. The van der Waals surface area contributed by atoms with Crippen molar-refractivity contribution in [1.29, 1.82) is 0 Å². The second-order valence-corrected chi connectivity index (χ2v) is 8.72. The van der Waals surface area contributed by atoms with E-state index >= 15 is 0 Å². The third kappa shape index (κ3) is 3.67. The lowest BCUT2D eigenvalue weighted by atomic mass is 9.84. The van der Waals surface area contributed by atoms with Crippen LogP contribution in [0.5, 0.6) is 0 Å². The van der Waals surface area contributed by atoms with E-state index in [1.165, 1.54) is 32.5 Å². The van der Waals surface area contributed by atoms with Gasteiger partial charge >= 0.3 is 5.97 Å². The number of carbonyl (C=O) groups excluding carboxylic acids is 2. The molecule has 11 heteroatoms. The number of ketones is 1. The van der Waals surface area contributed by atoms with Gasteiger partial charge in [-0.2, -0.15) is 4.36 Å². The Balaban J connectivity index is 2.20. The summed E-state index contributed by atoms with van der Waals surface area (Å²) in [5.74, 6) is -0.987. The summed E-state index contributed by atoms with van der Waals surface area (Å²) in [6.45, 7) is 0.543. The molecular formula is C17H18BN3O6S. The molecule has 0 amide bonds. The Kier molecular flexibility index (Phi) is 5.57. The third-order valence-electron chi connectivity index (χ3n) is 4.40. The van der Waals surface area contributed by atoms with Crippen LogP contribution in [0.15, 0.2) is 27.5 Å². The van der Waals surface area contributed by atoms with Gasteiger partial charge in [0.25, 0.3) is 5.56 Å². The predicted octanol–water partition coefficient (Wildman–Crippen LogP) is -0.345. The van der Waals surface area contributed by atoms with Gasteiger partial charge in [0, 0.05) is 18.8 Å². The zero-order chi connectivity index (χ0) is 20.5. The van der Waals surface area contributed by atoms with E-state index in [0.717, 1.165) is 4.68 Å². The monoisotopic (exact) mass is 403 g/mol. The van der Waals surface area contributed by atoms with Gasteiger partial charge in [-0.25, -0.2) is 9.00 Å². The van der Waals surface area contributed by atoms with Crippen LogP contribution < -0.4 is 11.0 Å². The molecule has 1 aliphatic rings. The first-order valence-corrected chi connectivity index (χ1v) is 10.2. The molecule has 1 fully saturated rings. The van der Waals surface area contributed by atoms with Crippen molar-refractivity contribution in [2.24, 2.45) is 11.4 Å². The second-order valence-electron chi connectivity index (χ2n) is 6.18. The molecule has 0 spiro atoms. The maximum atomic E-state index is 13.0. The van der Waals surface area contributed by atoms with Gasteiger partial charge in [0.1, 0.15) is 13.4 Å². The van der Waals surface area contributed by atoms with Crippen molar-refractivity contribution in [3.8, 4) is 0 Å². The highest BCUT2D eigenvalue weighted by Crippen LogP contribution is 2.23. The summed E-state index contributed by atoms with van der Waals surface area (Å²) >= 11 is 0. The Morgan fingerprint density at radius 1 is 1.25 bits per heavy atom. The van der Waals surface area contributed by atoms with E-state index in [1.54, 1.807) is 0 Å². The third-order valence-corrected chi connectivity index (χ3v) is 6.52. The fourth-order valence-electron chi connectivity index (χ4n) is 2.79. The SMILES string of the molecule is [B]c1c(C(=O)c2c[nH]n(C)c2=O)ccc(C(=O)OC)c1N=S1(=O)CCOCC1. The smallest absolute Gasteiger partial charge is 0.340 e. The molecule has 28 heavy (non-hydrogen) atoms. The van der Waals surface area contributed by atoms with Crippen LogP contribution in [0.25, 0.3) is 0 Å². The zero-order valence-electron chi connectivity index (χ0n) is 15.4. The number of methoxy groups -OCH3 is 1. The number of benzene rings is 1. The molecule has 9 nitrogen and oxygen atoms in total. The zero-order valence-corrected chi connectivity index (χ0v) is 16.2. The molecule has 0 bridgehead atoms. The van der Waals surface area contributed by atoms with Gasteiger partial charge in [-0.15, -0.1) is 0 Å². The highest BCUT2D eigenvalue weighted by molar-refractivity contribution is 7.93. The van der Waals surface area contributed by atoms with Crippen molar-refractivity contribution >= 4 is 40.5 Å². The van der Waals surface area contributed by atoms with Crippen LogP contribution in [0.2, 0.25) is 0 Å². The largest absolute Gasteiger partial charge is 0.465 e. The number of aromatic amines is 1. The number of nitrogens with zero attached hydrogens (tertiary/aromatic N) is 2. The molecule has 0 aliphatic carbocycles. The molecule has 1 N–H and O–H groups in total. The molecule has 1 saturated heterocycles. The van der Waals surface area contributed by atoms with E-state index < -0.39 is 27.0 Å². The van der Waals surface area contributed by atoms with Crippen LogP contribution in [-0.4, -0.2) is 65.4 Å². The van der Waals surface area contributed by atoms with Crippen LogP contribution in [0, 0.1) is 0 Å². The van der Waals surface area contributed by atoms with Crippen molar-refractivity contribution < 1.29 is 23.3 Å². The van der Waals surface area contributed by atoms with E-state index in [2.05, 4.69) is 9.46 Å². The molecule has 0 unspecified atom stereocenters. The number of esters is 1. The summed E-state index contributed by atoms with van der Waals surface area (Å²) in [6, 6.07) is 2.65.